The molecule has 0 fully saturated rings. The lowest BCUT2D eigenvalue weighted by Gasteiger charge is -2.14. The van der Waals surface area contributed by atoms with Crippen molar-refractivity contribution in [2.75, 3.05) is 37.1 Å². The first-order chi connectivity index (χ1) is 13.7. The molecule has 3 aromatic heterocycles. The molecule has 8 nitrogen and oxygen atoms in total. The van der Waals surface area contributed by atoms with Gasteiger partial charge in [-0.2, -0.15) is 0 Å². The summed E-state index contributed by atoms with van der Waals surface area (Å²) in [5, 5.41) is 6.55. The zero-order valence-electron chi connectivity index (χ0n) is 16.1. The van der Waals surface area contributed by atoms with E-state index in [1.54, 1.807) is 37.5 Å². The second-order valence-corrected chi connectivity index (χ2v) is 7.04. The molecule has 3 aromatic rings. The Bertz CT molecular complexity index is 874. The summed E-state index contributed by atoms with van der Waals surface area (Å²) in [4.78, 5) is 22.7. The molecular weight excluding hydrogens is 374 g/mol. The Morgan fingerprint density at radius 2 is 1.79 bits per heavy atom. The molecular formula is C19H23N7OS. The minimum Gasteiger partial charge on any atom is -0.481 e. The quantitative estimate of drug-likeness (QED) is 0.527. The standard InChI is InChI=1S/C19H23N7OS/c1-13(8-24-19-25-9-14(28-3)10-26-19)7-22-17-12-21-16(11-23-17)15-5-4-6-20-18(15)27-2/h4-6,9-13H,7-8H2,1-3H3,(H,22,23)(H,24,25,26). The van der Waals surface area contributed by atoms with Crippen molar-refractivity contribution in [2.24, 2.45) is 5.92 Å². The summed E-state index contributed by atoms with van der Waals surface area (Å²) in [6.07, 6.45) is 10.7. The fourth-order valence-electron chi connectivity index (χ4n) is 2.44. The first-order valence-electron chi connectivity index (χ1n) is 8.84. The average Bonchev–Trinajstić information content (AvgIpc) is 2.77. The van der Waals surface area contributed by atoms with Crippen LogP contribution in [0.3, 0.4) is 0 Å². The van der Waals surface area contributed by atoms with Gasteiger partial charge < -0.3 is 15.4 Å². The molecule has 28 heavy (non-hydrogen) atoms. The van der Waals surface area contributed by atoms with Gasteiger partial charge in [0.25, 0.3) is 0 Å². The van der Waals surface area contributed by atoms with Crippen molar-refractivity contribution in [3.8, 4) is 17.1 Å². The molecule has 3 heterocycles. The molecule has 146 valence electrons. The van der Waals surface area contributed by atoms with Crippen LogP contribution in [0.2, 0.25) is 0 Å². The van der Waals surface area contributed by atoms with Crippen LogP contribution in [0.15, 0.2) is 48.0 Å². The van der Waals surface area contributed by atoms with Crippen molar-refractivity contribution in [1.29, 1.82) is 0 Å². The lowest BCUT2D eigenvalue weighted by molar-refractivity contribution is 0.399. The number of thioether (sulfide) groups is 1. The highest BCUT2D eigenvalue weighted by atomic mass is 32.2. The molecule has 9 heteroatoms. The van der Waals surface area contributed by atoms with Crippen molar-refractivity contribution in [1.82, 2.24) is 24.9 Å². The first kappa shape index (κ1) is 19.8. The second-order valence-electron chi connectivity index (χ2n) is 6.16. The van der Waals surface area contributed by atoms with Crippen LogP contribution in [-0.2, 0) is 0 Å². The molecule has 0 saturated heterocycles. The summed E-state index contributed by atoms with van der Waals surface area (Å²) >= 11 is 1.62. The molecule has 1 unspecified atom stereocenters. The van der Waals surface area contributed by atoms with Gasteiger partial charge in [0.2, 0.25) is 11.8 Å². The lowest BCUT2D eigenvalue weighted by Crippen LogP contribution is -2.21. The Hall–Kier alpha value is -2.94. The zero-order valence-corrected chi connectivity index (χ0v) is 16.9. The maximum absolute atomic E-state index is 5.27. The predicted octanol–water partition coefficient (Wildman–Crippen LogP) is 3.22. The number of pyridine rings is 1. The van der Waals surface area contributed by atoms with Crippen LogP contribution in [0, 0.1) is 5.92 Å². The second kappa shape index (κ2) is 9.84. The summed E-state index contributed by atoms with van der Waals surface area (Å²) in [5.74, 6) is 2.24. The van der Waals surface area contributed by atoms with E-state index in [0.717, 1.165) is 35.1 Å². The van der Waals surface area contributed by atoms with E-state index in [1.165, 1.54) is 0 Å². The van der Waals surface area contributed by atoms with Crippen LogP contribution in [0.4, 0.5) is 11.8 Å². The molecule has 0 bridgehead atoms. The smallest absolute Gasteiger partial charge is 0.222 e. The number of methoxy groups -OCH3 is 1. The molecule has 0 aromatic carbocycles. The van der Waals surface area contributed by atoms with Crippen LogP contribution < -0.4 is 15.4 Å². The van der Waals surface area contributed by atoms with Crippen molar-refractivity contribution in [3.63, 3.8) is 0 Å². The number of nitrogens with zero attached hydrogens (tertiary/aromatic N) is 5. The summed E-state index contributed by atoms with van der Waals surface area (Å²) in [6, 6.07) is 3.75. The fourth-order valence-corrected chi connectivity index (χ4v) is 2.75. The van der Waals surface area contributed by atoms with Crippen LogP contribution in [0.5, 0.6) is 5.88 Å². The summed E-state index contributed by atoms with van der Waals surface area (Å²) in [5.41, 5.74) is 1.53. The normalized spacial score (nSPS) is 11.7. The predicted molar refractivity (Wildman–Crippen MR) is 112 cm³/mol. The van der Waals surface area contributed by atoms with Crippen LogP contribution in [0.25, 0.3) is 11.3 Å². The number of aromatic nitrogens is 5. The summed E-state index contributed by atoms with van der Waals surface area (Å²) < 4.78 is 5.27. The number of hydrogen-bond acceptors (Lipinski definition) is 9. The van der Waals surface area contributed by atoms with Gasteiger partial charge in [0, 0.05) is 36.6 Å². The lowest BCUT2D eigenvalue weighted by atomic mass is 10.2. The van der Waals surface area contributed by atoms with Gasteiger partial charge in [0.05, 0.1) is 30.8 Å². The molecule has 0 aliphatic heterocycles. The number of ether oxygens (including phenoxy) is 1. The molecule has 0 radical (unpaired) electrons. The van der Waals surface area contributed by atoms with E-state index in [4.69, 9.17) is 4.74 Å². The van der Waals surface area contributed by atoms with Gasteiger partial charge >= 0.3 is 0 Å². The molecule has 0 saturated carbocycles. The minimum absolute atomic E-state index is 0.351. The average molecular weight is 398 g/mol. The maximum atomic E-state index is 5.27. The van der Waals surface area contributed by atoms with E-state index in [1.807, 2.05) is 30.8 Å². The van der Waals surface area contributed by atoms with E-state index >= 15 is 0 Å². The van der Waals surface area contributed by atoms with Gasteiger partial charge in [-0.15, -0.1) is 11.8 Å². The Morgan fingerprint density at radius 1 is 1.00 bits per heavy atom. The van der Waals surface area contributed by atoms with Gasteiger partial charge in [-0.1, -0.05) is 6.92 Å². The Balaban J connectivity index is 1.50. The van der Waals surface area contributed by atoms with E-state index in [2.05, 4.69) is 42.5 Å². The number of rotatable bonds is 9. The van der Waals surface area contributed by atoms with Gasteiger partial charge in [0.15, 0.2) is 0 Å². The summed E-state index contributed by atoms with van der Waals surface area (Å²) in [6.45, 7) is 3.64. The van der Waals surface area contributed by atoms with E-state index in [9.17, 15) is 0 Å². The highest BCUT2D eigenvalue weighted by Crippen LogP contribution is 2.25. The van der Waals surface area contributed by atoms with Gasteiger partial charge in [-0.25, -0.2) is 19.9 Å². The molecule has 3 rings (SSSR count). The van der Waals surface area contributed by atoms with Gasteiger partial charge in [0.1, 0.15) is 5.82 Å². The van der Waals surface area contributed by atoms with Crippen molar-refractivity contribution in [3.05, 3.63) is 43.1 Å². The molecule has 1 atom stereocenters. The van der Waals surface area contributed by atoms with Gasteiger partial charge in [-0.3, -0.25) is 4.98 Å². The zero-order chi connectivity index (χ0) is 19.8. The molecule has 0 aliphatic carbocycles. The number of nitrogens with one attached hydrogen (secondary N) is 2. The minimum atomic E-state index is 0.351. The number of anilines is 2. The van der Waals surface area contributed by atoms with E-state index in [-0.39, 0.29) is 0 Å². The summed E-state index contributed by atoms with van der Waals surface area (Å²) in [7, 11) is 1.59. The SMILES string of the molecule is COc1ncccc1-c1cnc(NCC(C)CNc2ncc(SC)cn2)cn1. The molecule has 2 N–H and O–H groups in total. The maximum Gasteiger partial charge on any atom is 0.222 e. The third-order valence-corrected chi connectivity index (χ3v) is 4.68. The van der Waals surface area contributed by atoms with E-state index in [0.29, 0.717) is 17.7 Å². The van der Waals surface area contributed by atoms with Crippen molar-refractivity contribution in [2.45, 2.75) is 11.8 Å². The Morgan fingerprint density at radius 3 is 2.46 bits per heavy atom. The largest absolute Gasteiger partial charge is 0.481 e. The van der Waals surface area contributed by atoms with Crippen molar-refractivity contribution < 1.29 is 4.74 Å². The third kappa shape index (κ3) is 5.29. The highest BCUT2D eigenvalue weighted by molar-refractivity contribution is 7.98. The van der Waals surface area contributed by atoms with E-state index < -0.39 is 0 Å². The number of hydrogen-bond donors (Lipinski definition) is 2. The topological polar surface area (TPSA) is 97.7 Å². The Labute approximate surface area is 168 Å². The molecule has 0 amide bonds. The fraction of sp³-hybridized carbons (Fsp3) is 0.316. The highest BCUT2D eigenvalue weighted by Gasteiger charge is 2.09. The molecule has 0 aliphatic rings. The molecule has 0 spiro atoms. The van der Waals surface area contributed by atoms with Crippen LogP contribution >= 0.6 is 11.8 Å². The van der Waals surface area contributed by atoms with Gasteiger partial charge in [-0.05, 0) is 24.3 Å². The third-order valence-electron chi connectivity index (χ3n) is 4.00. The monoisotopic (exact) mass is 397 g/mol. The van der Waals surface area contributed by atoms with Crippen LogP contribution in [-0.4, -0.2) is 51.4 Å². The Kier molecular flexibility index (Phi) is 6.96. The van der Waals surface area contributed by atoms with Crippen LogP contribution in [0.1, 0.15) is 6.92 Å². The van der Waals surface area contributed by atoms with Crippen molar-refractivity contribution >= 4 is 23.5 Å². The first-order valence-corrected chi connectivity index (χ1v) is 10.1.